The van der Waals surface area contributed by atoms with Gasteiger partial charge in [-0.15, -0.1) is 11.3 Å². The van der Waals surface area contributed by atoms with E-state index in [1.54, 1.807) is 6.07 Å². The van der Waals surface area contributed by atoms with E-state index in [0.717, 1.165) is 42.6 Å². The molecular formula is C12H17BrClNO2S2. The zero-order chi connectivity index (χ0) is 14.0. The first kappa shape index (κ1) is 15.8. The summed E-state index contributed by atoms with van der Waals surface area (Å²) < 4.78 is 28.3. The number of nitrogens with one attached hydrogen (secondary N) is 1. The number of aryl methyl sites for hydroxylation is 1. The lowest BCUT2D eigenvalue weighted by molar-refractivity contribution is 0.522. The highest BCUT2D eigenvalue weighted by molar-refractivity contribution is 9.09. The van der Waals surface area contributed by atoms with Crippen LogP contribution in [0.2, 0.25) is 4.34 Å². The molecule has 0 saturated heterocycles. The molecule has 7 heteroatoms. The van der Waals surface area contributed by atoms with Crippen molar-refractivity contribution >= 4 is 48.9 Å². The summed E-state index contributed by atoms with van der Waals surface area (Å²) in [7, 11) is -3.46. The Morgan fingerprint density at radius 3 is 2.68 bits per heavy atom. The minimum Gasteiger partial charge on any atom is -0.206 e. The van der Waals surface area contributed by atoms with Gasteiger partial charge in [-0.2, -0.15) is 0 Å². The van der Waals surface area contributed by atoms with Crippen molar-refractivity contribution in [2.45, 2.75) is 54.1 Å². The van der Waals surface area contributed by atoms with Crippen LogP contribution in [-0.4, -0.2) is 19.3 Å². The van der Waals surface area contributed by atoms with Crippen LogP contribution in [0.4, 0.5) is 0 Å². The summed E-state index contributed by atoms with van der Waals surface area (Å²) >= 11 is 10.7. The highest BCUT2D eigenvalue weighted by atomic mass is 79.9. The molecule has 1 aliphatic carbocycles. The van der Waals surface area contributed by atoms with Gasteiger partial charge in [-0.05, 0) is 31.4 Å². The van der Waals surface area contributed by atoms with Gasteiger partial charge in [-0.3, -0.25) is 0 Å². The summed E-state index contributed by atoms with van der Waals surface area (Å²) in [6.07, 6.45) is 5.28. The second-order valence-corrected chi connectivity index (χ2v) is 9.68. The van der Waals surface area contributed by atoms with E-state index in [9.17, 15) is 8.42 Å². The Labute approximate surface area is 131 Å². The van der Waals surface area contributed by atoms with Gasteiger partial charge < -0.3 is 0 Å². The number of thiophene rings is 1. The molecule has 1 fully saturated rings. The number of hydrogen-bond donors (Lipinski definition) is 1. The standard InChI is InChI=1S/C12H17BrClNO2S2/c1-8-7-11(18-12(8)14)19(16,17)15-10-6-4-2-3-5-9(10)13/h7,9-10,15H,2-6H2,1H3. The molecule has 19 heavy (non-hydrogen) atoms. The van der Waals surface area contributed by atoms with Crippen molar-refractivity contribution in [1.82, 2.24) is 4.72 Å². The molecule has 1 N–H and O–H groups in total. The van der Waals surface area contributed by atoms with E-state index in [1.165, 1.54) is 6.42 Å². The number of hydrogen-bond acceptors (Lipinski definition) is 3. The topological polar surface area (TPSA) is 46.2 Å². The molecule has 1 heterocycles. The first-order valence-electron chi connectivity index (χ1n) is 6.32. The van der Waals surface area contributed by atoms with Crippen molar-refractivity contribution in [2.75, 3.05) is 0 Å². The van der Waals surface area contributed by atoms with E-state index in [2.05, 4.69) is 20.7 Å². The van der Waals surface area contributed by atoms with Crippen LogP contribution in [0.25, 0.3) is 0 Å². The van der Waals surface area contributed by atoms with E-state index in [0.29, 0.717) is 8.55 Å². The number of sulfonamides is 1. The SMILES string of the molecule is Cc1cc(S(=O)(=O)NC2CCCCCC2Br)sc1Cl. The molecule has 0 bridgehead atoms. The molecule has 0 aromatic carbocycles. The Kier molecular flexibility index (Phi) is 5.34. The molecule has 0 aliphatic heterocycles. The van der Waals surface area contributed by atoms with Crippen LogP contribution in [-0.2, 0) is 10.0 Å². The van der Waals surface area contributed by atoms with Gasteiger partial charge in [0.05, 0.1) is 4.34 Å². The zero-order valence-electron chi connectivity index (χ0n) is 10.7. The van der Waals surface area contributed by atoms with Crippen molar-refractivity contribution in [2.24, 2.45) is 0 Å². The van der Waals surface area contributed by atoms with E-state index in [-0.39, 0.29) is 10.9 Å². The van der Waals surface area contributed by atoms with Crippen molar-refractivity contribution in [3.63, 3.8) is 0 Å². The maximum absolute atomic E-state index is 12.3. The first-order chi connectivity index (χ1) is 8.90. The Bertz CT molecular complexity index is 524. The predicted octanol–water partition coefficient (Wildman–Crippen LogP) is 4.08. The molecule has 1 aliphatic rings. The summed E-state index contributed by atoms with van der Waals surface area (Å²) in [6, 6.07) is 1.60. The maximum Gasteiger partial charge on any atom is 0.250 e. The Balaban J connectivity index is 2.16. The van der Waals surface area contributed by atoms with Gasteiger partial charge in [-0.1, -0.05) is 46.8 Å². The van der Waals surface area contributed by atoms with Gasteiger partial charge in [0.1, 0.15) is 4.21 Å². The van der Waals surface area contributed by atoms with E-state index in [4.69, 9.17) is 11.6 Å². The van der Waals surface area contributed by atoms with Gasteiger partial charge in [-0.25, -0.2) is 13.1 Å². The fourth-order valence-corrected chi connectivity index (χ4v) is 6.15. The van der Waals surface area contributed by atoms with E-state index < -0.39 is 10.0 Å². The van der Waals surface area contributed by atoms with Gasteiger partial charge in [0.25, 0.3) is 0 Å². The van der Waals surface area contributed by atoms with Gasteiger partial charge >= 0.3 is 0 Å². The number of alkyl halides is 1. The fourth-order valence-electron chi connectivity index (χ4n) is 2.22. The van der Waals surface area contributed by atoms with Crippen LogP contribution in [0, 0.1) is 6.92 Å². The molecule has 0 radical (unpaired) electrons. The number of halogens is 2. The molecule has 1 saturated carbocycles. The van der Waals surface area contributed by atoms with Crippen molar-refractivity contribution in [3.8, 4) is 0 Å². The minimum absolute atomic E-state index is 0.0336. The Hall–Kier alpha value is 0.380. The first-order valence-corrected chi connectivity index (χ1v) is 9.92. The average molecular weight is 387 g/mol. The van der Waals surface area contributed by atoms with Crippen LogP contribution in [0.5, 0.6) is 0 Å². The number of rotatable bonds is 3. The third kappa shape index (κ3) is 3.94. The quantitative estimate of drug-likeness (QED) is 0.628. The molecule has 2 unspecified atom stereocenters. The molecule has 3 nitrogen and oxygen atoms in total. The second kappa shape index (κ2) is 6.43. The van der Waals surface area contributed by atoms with Crippen LogP contribution in [0.1, 0.15) is 37.7 Å². The normalized spacial score (nSPS) is 25.2. The summed E-state index contributed by atoms with van der Waals surface area (Å²) in [5.41, 5.74) is 0.809. The highest BCUT2D eigenvalue weighted by Gasteiger charge is 2.28. The van der Waals surface area contributed by atoms with Gasteiger partial charge in [0, 0.05) is 10.9 Å². The average Bonchev–Trinajstić information content (AvgIpc) is 2.55. The van der Waals surface area contributed by atoms with Gasteiger partial charge in [0.15, 0.2) is 0 Å². The molecule has 0 spiro atoms. The molecule has 0 amide bonds. The molecule has 2 atom stereocenters. The van der Waals surface area contributed by atoms with Crippen LogP contribution >= 0.6 is 38.9 Å². The summed E-state index contributed by atoms with van der Waals surface area (Å²) in [4.78, 5) is 0.210. The van der Waals surface area contributed by atoms with Crippen LogP contribution in [0.3, 0.4) is 0 Å². The third-order valence-corrected chi connectivity index (χ3v) is 7.95. The summed E-state index contributed by atoms with van der Waals surface area (Å²) in [5, 5.41) is 0. The molecule has 2 rings (SSSR count). The Morgan fingerprint density at radius 2 is 2.05 bits per heavy atom. The highest BCUT2D eigenvalue weighted by Crippen LogP contribution is 2.31. The van der Waals surface area contributed by atoms with E-state index >= 15 is 0 Å². The molecule has 108 valence electrons. The second-order valence-electron chi connectivity index (χ2n) is 4.90. The largest absolute Gasteiger partial charge is 0.250 e. The lowest BCUT2D eigenvalue weighted by Gasteiger charge is -2.20. The monoisotopic (exact) mass is 385 g/mol. The molecule has 1 aromatic heterocycles. The Morgan fingerprint density at radius 1 is 1.37 bits per heavy atom. The smallest absolute Gasteiger partial charge is 0.206 e. The molecule has 1 aromatic rings. The van der Waals surface area contributed by atoms with Crippen molar-refractivity contribution in [3.05, 3.63) is 16.0 Å². The lowest BCUT2D eigenvalue weighted by atomic mass is 10.1. The van der Waals surface area contributed by atoms with Crippen LogP contribution < -0.4 is 4.72 Å². The third-order valence-electron chi connectivity index (χ3n) is 3.34. The summed E-state index contributed by atoms with van der Waals surface area (Å²) in [5.74, 6) is 0. The zero-order valence-corrected chi connectivity index (χ0v) is 14.6. The van der Waals surface area contributed by atoms with Crippen LogP contribution in [0.15, 0.2) is 10.3 Å². The maximum atomic E-state index is 12.3. The fraction of sp³-hybridized carbons (Fsp3) is 0.667. The summed E-state index contributed by atoms with van der Waals surface area (Å²) in [6.45, 7) is 1.82. The van der Waals surface area contributed by atoms with Gasteiger partial charge in [0.2, 0.25) is 10.0 Å². The minimum atomic E-state index is -3.46. The molecular weight excluding hydrogens is 370 g/mol. The van der Waals surface area contributed by atoms with E-state index in [1.807, 2.05) is 6.92 Å². The van der Waals surface area contributed by atoms with Crippen molar-refractivity contribution in [1.29, 1.82) is 0 Å². The lowest BCUT2D eigenvalue weighted by Crippen LogP contribution is -2.39. The predicted molar refractivity (Wildman–Crippen MR) is 84.0 cm³/mol. The van der Waals surface area contributed by atoms with Crippen molar-refractivity contribution < 1.29 is 8.42 Å².